The van der Waals surface area contributed by atoms with Crippen LogP contribution in [0.15, 0.2) is 121 Å². The second kappa shape index (κ2) is 9.33. The van der Waals surface area contributed by atoms with E-state index in [1.54, 1.807) is 22.7 Å². The van der Waals surface area contributed by atoms with Gasteiger partial charge in [-0.2, -0.15) is 5.26 Å². The van der Waals surface area contributed by atoms with Gasteiger partial charge in [-0.25, -0.2) is 9.97 Å². The molecule has 4 nitrogen and oxygen atoms in total. The second-order valence-electron chi connectivity index (χ2n) is 10.6. The average Bonchev–Trinajstić information content (AvgIpc) is 3.77. The van der Waals surface area contributed by atoms with Crippen molar-refractivity contribution < 1.29 is 0 Å². The van der Waals surface area contributed by atoms with Crippen LogP contribution < -0.4 is 0 Å². The lowest BCUT2D eigenvalue weighted by atomic mass is 10.1. The van der Waals surface area contributed by atoms with Gasteiger partial charge in [-0.3, -0.25) is 0 Å². The molecule has 0 fully saturated rings. The van der Waals surface area contributed by atoms with Gasteiger partial charge in [-0.05, 0) is 84.2 Å². The number of thiazole rings is 2. The van der Waals surface area contributed by atoms with Crippen molar-refractivity contribution in [3.05, 3.63) is 127 Å². The monoisotopic (exact) mass is 584 g/mol. The van der Waals surface area contributed by atoms with Crippen LogP contribution in [0.3, 0.4) is 0 Å². The van der Waals surface area contributed by atoms with Crippen molar-refractivity contribution in [2.45, 2.75) is 0 Å². The van der Waals surface area contributed by atoms with Gasteiger partial charge in [0.15, 0.2) is 0 Å². The standard InChI is InChI=1S/C37H20N4S2/c38-21-22-12-13-23-6-5-9-31(26(23)18-22)41-32-16-14-24(36-39-29-7-1-3-10-34(29)42-36)19-27(32)28-20-25(15-17-33(28)41)37-40-30-8-2-4-11-35(30)43-37/h1-20H. The van der Waals surface area contributed by atoms with Crippen molar-refractivity contribution in [2.75, 3.05) is 0 Å². The molecular weight excluding hydrogens is 565 g/mol. The summed E-state index contributed by atoms with van der Waals surface area (Å²) in [6.45, 7) is 0. The Morgan fingerprint density at radius 1 is 0.558 bits per heavy atom. The summed E-state index contributed by atoms with van der Waals surface area (Å²) in [4.78, 5) is 9.91. The number of para-hydroxylation sites is 2. The second-order valence-corrected chi connectivity index (χ2v) is 12.7. The molecule has 0 aliphatic rings. The predicted molar refractivity (Wildman–Crippen MR) is 180 cm³/mol. The van der Waals surface area contributed by atoms with Gasteiger partial charge >= 0.3 is 0 Å². The lowest BCUT2D eigenvalue weighted by Gasteiger charge is -2.12. The fourth-order valence-corrected chi connectivity index (χ4v) is 7.98. The van der Waals surface area contributed by atoms with Crippen molar-refractivity contribution in [1.82, 2.24) is 14.5 Å². The molecule has 0 saturated carbocycles. The molecule has 3 aromatic heterocycles. The summed E-state index contributed by atoms with van der Waals surface area (Å²) in [5, 5.41) is 16.2. The summed E-state index contributed by atoms with van der Waals surface area (Å²) >= 11 is 3.44. The third-order valence-corrected chi connectivity index (χ3v) is 10.2. The quantitative estimate of drug-likeness (QED) is 0.208. The zero-order valence-corrected chi connectivity index (χ0v) is 24.3. The summed E-state index contributed by atoms with van der Waals surface area (Å²) in [6.07, 6.45) is 0. The highest BCUT2D eigenvalue weighted by Gasteiger charge is 2.18. The Morgan fingerprint density at radius 2 is 1.16 bits per heavy atom. The maximum absolute atomic E-state index is 9.68. The Labute approximate surface area is 254 Å². The molecule has 3 heterocycles. The predicted octanol–water partition coefficient (Wildman–Crippen LogP) is 10.4. The smallest absolute Gasteiger partial charge is 0.124 e. The molecule has 0 amide bonds. The normalized spacial score (nSPS) is 11.7. The molecule has 200 valence electrons. The first-order valence-corrected chi connectivity index (χ1v) is 15.6. The van der Waals surface area contributed by atoms with Crippen molar-refractivity contribution in [3.8, 4) is 32.9 Å². The Balaban J connectivity index is 1.34. The molecule has 6 aromatic carbocycles. The molecule has 0 aliphatic heterocycles. The summed E-state index contributed by atoms with van der Waals surface area (Å²) in [6, 6.07) is 44.5. The topological polar surface area (TPSA) is 54.5 Å². The Bertz CT molecular complexity index is 2400. The first-order chi connectivity index (χ1) is 21.2. The highest BCUT2D eigenvalue weighted by atomic mass is 32.1. The maximum Gasteiger partial charge on any atom is 0.124 e. The fraction of sp³-hybridized carbons (Fsp3) is 0. The summed E-state index contributed by atoms with van der Waals surface area (Å²) in [5.41, 5.74) is 8.16. The molecule has 0 N–H and O–H groups in total. The van der Waals surface area contributed by atoms with Crippen molar-refractivity contribution in [3.63, 3.8) is 0 Å². The van der Waals surface area contributed by atoms with E-state index in [2.05, 4.69) is 102 Å². The molecule has 0 unspecified atom stereocenters. The van der Waals surface area contributed by atoms with Gasteiger partial charge in [0.1, 0.15) is 10.0 Å². The Hall–Kier alpha value is -5.35. The Kier molecular flexibility index (Phi) is 5.27. The lowest BCUT2D eigenvalue weighted by Crippen LogP contribution is -1.95. The number of hydrogen-bond donors (Lipinski definition) is 0. The number of rotatable bonds is 3. The molecule has 43 heavy (non-hydrogen) atoms. The number of hydrogen-bond acceptors (Lipinski definition) is 5. The van der Waals surface area contributed by atoms with Gasteiger partial charge in [0.25, 0.3) is 0 Å². The summed E-state index contributed by atoms with van der Waals surface area (Å²) in [5.74, 6) is 0. The largest absolute Gasteiger partial charge is 0.309 e. The SMILES string of the molecule is N#Cc1ccc2cccc(-n3c4ccc(-c5nc6ccccc6s5)cc4c4cc(-c5nc6ccccc6s5)ccc43)c2c1. The number of fused-ring (bicyclic) bond motifs is 6. The number of benzene rings is 6. The summed E-state index contributed by atoms with van der Waals surface area (Å²) in [7, 11) is 0. The van der Waals surface area contributed by atoms with E-state index in [0.717, 1.165) is 70.4 Å². The van der Waals surface area contributed by atoms with Crippen LogP contribution in [0.2, 0.25) is 0 Å². The highest BCUT2D eigenvalue weighted by molar-refractivity contribution is 7.22. The molecular formula is C37H20N4S2. The van der Waals surface area contributed by atoms with Crippen molar-refractivity contribution in [2.24, 2.45) is 0 Å². The van der Waals surface area contributed by atoms with Gasteiger partial charge in [-0.1, -0.05) is 42.5 Å². The average molecular weight is 585 g/mol. The van der Waals surface area contributed by atoms with E-state index in [1.165, 1.54) is 9.40 Å². The molecule has 9 aromatic rings. The van der Waals surface area contributed by atoms with E-state index in [4.69, 9.17) is 9.97 Å². The van der Waals surface area contributed by atoms with Crippen LogP contribution in [0.1, 0.15) is 5.56 Å². The van der Waals surface area contributed by atoms with Gasteiger partial charge in [-0.15, -0.1) is 22.7 Å². The zero-order valence-electron chi connectivity index (χ0n) is 22.7. The van der Waals surface area contributed by atoms with Crippen molar-refractivity contribution >= 4 is 75.7 Å². The fourth-order valence-electron chi connectivity index (χ4n) is 6.06. The summed E-state index contributed by atoms with van der Waals surface area (Å²) < 4.78 is 4.70. The van der Waals surface area contributed by atoms with E-state index < -0.39 is 0 Å². The molecule has 6 heteroatoms. The van der Waals surface area contributed by atoms with Gasteiger partial charge in [0.2, 0.25) is 0 Å². The third-order valence-electron chi connectivity index (χ3n) is 8.08. The van der Waals surface area contributed by atoms with Gasteiger partial charge in [0, 0.05) is 27.3 Å². The minimum Gasteiger partial charge on any atom is -0.309 e. The first kappa shape index (κ1) is 24.3. The maximum atomic E-state index is 9.68. The van der Waals surface area contributed by atoms with E-state index in [0.29, 0.717) is 5.56 Å². The van der Waals surface area contributed by atoms with Crippen LogP contribution >= 0.6 is 22.7 Å². The first-order valence-electron chi connectivity index (χ1n) is 14.0. The van der Waals surface area contributed by atoms with E-state index in [1.807, 2.05) is 30.3 Å². The minimum absolute atomic E-state index is 0.650. The van der Waals surface area contributed by atoms with Crippen LogP contribution in [0.5, 0.6) is 0 Å². The van der Waals surface area contributed by atoms with Crippen LogP contribution in [-0.2, 0) is 0 Å². The Morgan fingerprint density at radius 3 is 1.74 bits per heavy atom. The van der Waals surface area contributed by atoms with Crippen LogP contribution in [0.25, 0.3) is 79.8 Å². The van der Waals surface area contributed by atoms with E-state index in [9.17, 15) is 5.26 Å². The third kappa shape index (κ3) is 3.80. The molecule has 0 spiro atoms. The van der Waals surface area contributed by atoms with Crippen LogP contribution in [0.4, 0.5) is 0 Å². The van der Waals surface area contributed by atoms with Crippen LogP contribution in [0, 0.1) is 11.3 Å². The molecule has 0 bridgehead atoms. The van der Waals surface area contributed by atoms with E-state index >= 15 is 0 Å². The lowest BCUT2D eigenvalue weighted by molar-refractivity contribution is 1.20. The van der Waals surface area contributed by atoms with Gasteiger partial charge < -0.3 is 4.57 Å². The number of nitriles is 1. The van der Waals surface area contributed by atoms with Gasteiger partial charge in [0.05, 0.1) is 48.8 Å². The highest BCUT2D eigenvalue weighted by Crippen LogP contribution is 2.40. The van der Waals surface area contributed by atoms with Crippen LogP contribution in [-0.4, -0.2) is 14.5 Å². The molecule has 9 rings (SSSR count). The van der Waals surface area contributed by atoms with E-state index in [-0.39, 0.29) is 0 Å². The number of aromatic nitrogens is 3. The molecule has 0 radical (unpaired) electrons. The van der Waals surface area contributed by atoms with Crippen molar-refractivity contribution in [1.29, 1.82) is 5.26 Å². The molecule has 0 atom stereocenters. The zero-order chi connectivity index (χ0) is 28.5. The molecule has 0 aliphatic carbocycles. The molecule has 0 saturated heterocycles. The number of nitrogens with zero attached hydrogens (tertiary/aromatic N) is 4. The minimum atomic E-state index is 0.650.